The van der Waals surface area contributed by atoms with Gasteiger partial charge in [-0.15, -0.1) is 11.3 Å². The zero-order valence-corrected chi connectivity index (χ0v) is 11.3. The summed E-state index contributed by atoms with van der Waals surface area (Å²) in [5, 5.41) is 11.2. The third kappa shape index (κ3) is 2.62. The van der Waals surface area contributed by atoms with Crippen molar-refractivity contribution in [2.75, 3.05) is 0 Å². The van der Waals surface area contributed by atoms with E-state index in [1.165, 1.54) is 10.4 Å². The molecule has 0 aliphatic carbocycles. The first-order valence-corrected chi connectivity index (χ1v) is 6.73. The normalized spacial score (nSPS) is 11.4. The highest BCUT2D eigenvalue weighted by atomic mass is 32.1. The average molecular weight is 260 g/mol. The molecule has 2 aromatic rings. The van der Waals surface area contributed by atoms with E-state index in [9.17, 15) is 9.90 Å². The van der Waals surface area contributed by atoms with Crippen LogP contribution in [0.1, 0.15) is 29.9 Å². The van der Waals surface area contributed by atoms with Crippen molar-refractivity contribution in [3.05, 3.63) is 57.8 Å². The maximum absolute atomic E-state index is 11.2. The van der Waals surface area contributed by atoms with Gasteiger partial charge in [0.1, 0.15) is 0 Å². The second-order valence-electron chi connectivity index (χ2n) is 4.88. The molecule has 3 heteroatoms. The van der Waals surface area contributed by atoms with Crippen LogP contribution in [0, 0.1) is 0 Å². The van der Waals surface area contributed by atoms with Gasteiger partial charge in [-0.25, -0.2) is 0 Å². The molecule has 0 saturated heterocycles. The molecule has 1 aromatic carbocycles. The molecule has 0 aliphatic rings. The number of rotatable bonds is 4. The second kappa shape index (κ2) is 4.94. The van der Waals surface area contributed by atoms with E-state index in [1.807, 2.05) is 30.3 Å². The number of hydrogen-bond donors (Lipinski definition) is 1. The molecule has 0 bridgehead atoms. The lowest BCUT2D eigenvalue weighted by Crippen LogP contribution is -2.28. The molecule has 0 radical (unpaired) electrons. The molecule has 1 heterocycles. The Hall–Kier alpha value is -1.61. The van der Waals surface area contributed by atoms with Crippen molar-refractivity contribution in [2.45, 2.75) is 25.7 Å². The van der Waals surface area contributed by atoms with Gasteiger partial charge in [-0.2, -0.15) is 0 Å². The van der Waals surface area contributed by atoms with Crippen LogP contribution in [0.25, 0.3) is 0 Å². The summed E-state index contributed by atoms with van der Waals surface area (Å²) in [4.78, 5) is 12.5. The van der Waals surface area contributed by atoms with Gasteiger partial charge >= 0.3 is 5.97 Å². The van der Waals surface area contributed by atoms with Crippen LogP contribution in [0.3, 0.4) is 0 Å². The molecule has 1 N–H and O–H groups in total. The van der Waals surface area contributed by atoms with Crippen LogP contribution in [0.5, 0.6) is 0 Å². The van der Waals surface area contributed by atoms with E-state index in [2.05, 4.69) is 11.4 Å². The van der Waals surface area contributed by atoms with Crippen molar-refractivity contribution in [2.24, 2.45) is 0 Å². The predicted octanol–water partition coefficient (Wildman–Crippen LogP) is 3.70. The minimum absolute atomic E-state index is 0.798. The monoisotopic (exact) mass is 260 g/mol. The van der Waals surface area contributed by atoms with Crippen molar-refractivity contribution >= 4 is 17.3 Å². The minimum Gasteiger partial charge on any atom is -0.481 e. The molecule has 18 heavy (non-hydrogen) atoms. The topological polar surface area (TPSA) is 37.3 Å². The first-order chi connectivity index (χ1) is 8.50. The highest BCUT2D eigenvalue weighted by molar-refractivity contribution is 7.09. The Labute approximate surface area is 111 Å². The number of hydrogen-bond acceptors (Lipinski definition) is 2. The summed E-state index contributed by atoms with van der Waals surface area (Å²) < 4.78 is 0. The molecule has 0 saturated carbocycles. The Morgan fingerprint density at radius 3 is 2.39 bits per heavy atom. The maximum Gasteiger partial charge on any atom is 0.313 e. The summed E-state index contributed by atoms with van der Waals surface area (Å²) in [5.74, 6) is -0.798. The van der Waals surface area contributed by atoms with E-state index in [0.717, 1.165) is 12.0 Å². The van der Waals surface area contributed by atoms with Crippen LogP contribution >= 0.6 is 11.3 Å². The average Bonchev–Trinajstić information content (AvgIpc) is 2.82. The molecule has 1 aromatic heterocycles. The number of carbonyl (C=O) groups is 1. The summed E-state index contributed by atoms with van der Waals surface area (Å²) in [6.07, 6.45) is 0.908. The molecule has 94 valence electrons. The smallest absolute Gasteiger partial charge is 0.313 e. The molecule has 0 atom stereocenters. The molecule has 2 nitrogen and oxygen atoms in total. The van der Waals surface area contributed by atoms with Crippen LogP contribution in [0.4, 0.5) is 0 Å². The number of carboxylic acid groups (broad SMARTS) is 1. The van der Waals surface area contributed by atoms with Crippen LogP contribution in [0.2, 0.25) is 0 Å². The Morgan fingerprint density at radius 1 is 1.22 bits per heavy atom. The van der Waals surface area contributed by atoms with E-state index in [-0.39, 0.29) is 0 Å². The summed E-state index contributed by atoms with van der Waals surface area (Å²) in [5.41, 5.74) is 1.22. The Morgan fingerprint density at radius 2 is 1.89 bits per heavy atom. The van der Waals surface area contributed by atoms with Gasteiger partial charge in [0.05, 0.1) is 5.41 Å². The standard InChI is InChI=1S/C15H16O2S/c1-15(2,14(16)17)12-7-5-11(6-8-12)10-13-4-3-9-18-13/h3-9H,10H2,1-2H3,(H,16,17). The van der Waals surface area contributed by atoms with E-state index >= 15 is 0 Å². The van der Waals surface area contributed by atoms with Gasteiger partial charge in [0.2, 0.25) is 0 Å². The summed E-state index contributed by atoms with van der Waals surface area (Å²) in [6, 6.07) is 12.0. The summed E-state index contributed by atoms with van der Waals surface area (Å²) in [6.45, 7) is 3.45. The lowest BCUT2D eigenvalue weighted by Gasteiger charge is -2.19. The SMILES string of the molecule is CC(C)(C(=O)O)c1ccc(Cc2cccs2)cc1. The first kappa shape index (κ1) is 12.8. The summed E-state index contributed by atoms with van der Waals surface area (Å²) >= 11 is 1.74. The van der Waals surface area contributed by atoms with Gasteiger partial charge in [-0.3, -0.25) is 4.79 Å². The highest BCUT2D eigenvalue weighted by Crippen LogP contribution is 2.24. The first-order valence-electron chi connectivity index (χ1n) is 5.85. The molecule has 0 fully saturated rings. The fourth-order valence-electron chi connectivity index (χ4n) is 1.78. The molecular formula is C15H16O2S. The van der Waals surface area contributed by atoms with Crippen LogP contribution in [-0.4, -0.2) is 11.1 Å². The van der Waals surface area contributed by atoms with Crippen molar-refractivity contribution in [1.29, 1.82) is 0 Å². The lowest BCUT2D eigenvalue weighted by molar-refractivity contribution is -0.142. The number of aliphatic carboxylic acids is 1. The minimum atomic E-state index is -0.832. The van der Waals surface area contributed by atoms with Crippen molar-refractivity contribution in [1.82, 2.24) is 0 Å². The molecule has 0 spiro atoms. The van der Waals surface area contributed by atoms with Gasteiger partial charge in [0.25, 0.3) is 0 Å². The largest absolute Gasteiger partial charge is 0.481 e. The number of benzene rings is 1. The van der Waals surface area contributed by atoms with Crippen molar-refractivity contribution < 1.29 is 9.90 Å². The zero-order chi connectivity index (χ0) is 13.2. The van der Waals surface area contributed by atoms with E-state index in [0.29, 0.717) is 0 Å². The fourth-order valence-corrected chi connectivity index (χ4v) is 2.52. The third-order valence-corrected chi connectivity index (χ3v) is 4.05. The van der Waals surface area contributed by atoms with E-state index in [4.69, 9.17) is 0 Å². The van der Waals surface area contributed by atoms with Gasteiger partial charge < -0.3 is 5.11 Å². The van der Waals surface area contributed by atoms with Crippen molar-refractivity contribution in [3.63, 3.8) is 0 Å². The number of thiophene rings is 1. The molecular weight excluding hydrogens is 244 g/mol. The Balaban J connectivity index is 2.18. The van der Waals surface area contributed by atoms with E-state index in [1.54, 1.807) is 25.2 Å². The second-order valence-corrected chi connectivity index (χ2v) is 5.92. The molecule has 0 aliphatic heterocycles. The van der Waals surface area contributed by atoms with Crippen LogP contribution in [0.15, 0.2) is 41.8 Å². The zero-order valence-electron chi connectivity index (χ0n) is 10.5. The predicted molar refractivity (Wildman–Crippen MR) is 74.2 cm³/mol. The maximum atomic E-state index is 11.2. The summed E-state index contributed by atoms with van der Waals surface area (Å²) in [7, 11) is 0. The van der Waals surface area contributed by atoms with Gasteiger partial charge in [0, 0.05) is 11.3 Å². The highest BCUT2D eigenvalue weighted by Gasteiger charge is 2.28. The van der Waals surface area contributed by atoms with Crippen LogP contribution in [-0.2, 0) is 16.6 Å². The van der Waals surface area contributed by atoms with Crippen molar-refractivity contribution in [3.8, 4) is 0 Å². The molecule has 2 rings (SSSR count). The third-order valence-electron chi connectivity index (χ3n) is 3.17. The lowest BCUT2D eigenvalue weighted by atomic mass is 9.84. The van der Waals surface area contributed by atoms with Gasteiger partial charge in [-0.1, -0.05) is 30.3 Å². The molecule has 0 unspecified atom stereocenters. The Kier molecular flexibility index (Phi) is 3.53. The molecule has 0 amide bonds. The van der Waals surface area contributed by atoms with Gasteiger partial charge in [0.15, 0.2) is 0 Å². The van der Waals surface area contributed by atoms with Crippen LogP contribution < -0.4 is 0 Å². The Bertz CT molecular complexity index is 524. The van der Waals surface area contributed by atoms with E-state index < -0.39 is 11.4 Å². The quantitative estimate of drug-likeness (QED) is 0.910. The fraction of sp³-hybridized carbons (Fsp3) is 0.267. The number of carboxylic acids is 1. The van der Waals surface area contributed by atoms with Gasteiger partial charge in [-0.05, 0) is 36.4 Å².